The van der Waals surface area contributed by atoms with Crippen LogP contribution in [-0.2, 0) is 28.4 Å². The number of Topliss-reactive ketones (excluding diaryl/α,β-unsaturated/α-hetero) is 1. The molecule has 0 aliphatic carbocycles. The summed E-state index contributed by atoms with van der Waals surface area (Å²) in [6, 6.07) is 16.3. The number of carbonyl (C=O) groups excluding carboxylic acids is 2. The van der Waals surface area contributed by atoms with Gasteiger partial charge >= 0.3 is 12.1 Å². The number of hydrogen-bond donors (Lipinski definition) is 4. The Bertz CT molecular complexity index is 3120. The highest BCUT2D eigenvalue weighted by Gasteiger charge is 2.22. The topological polar surface area (TPSA) is 229 Å². The second-order valence-corrected chi connectivity index (χ2v) is 21.9. The summed E-state index contributed by atoms with van der Waals surface area (Å²) in [7, 11) is 0. The summed E-state index contributed by atoms with van der Waals surface area (Å²) in [6.07, 6.45) is 14.8. The van der Waals surface area contributed by atoms with E-state index in [1.807, 2.05) is 65.9 Å². The summed E-state index contributed by atoms with van der Waals surface area (Å²) >= 11 is 2.74. The molecule has 0 saturated carbocycles. The Labute approximate surface area is 428 Å². The van der Waals surface area contributed by atoms with Crippen molar-refractivity contribution in [3.05, 3.63) is 140 Å². The van der Waals surface area contributed by atoms with Crippen LogP contribution in [0.1, 0.15) is 127 Å². The Morgan fingerprint density at radius 3 is 1.82 bits per heavy atom. The molecule has 0 saturated heterocycles. The van der Waals surface area contributed by atoms with Gasteiger partial charge in [0.2, 0.25) is 11.9 Å². The second-order valence-electron chi connectivity index (χ2n) is 19.8. The number of carbonyl (C=O) groups is 3. The number of ether oxygens (including phenoxy) is 1. The highest BCUT2D eigenvalue weighted by atomic mass is 32.1. The molecule has 17 nitrogen and oxygen atoms in total. The van der Waals surface area contributed by atoms with Gasteiger partial charge in [-0.25, -0.2) is 39.5 Å². The number of hydrogen-bond acceptors (Lipinski definition) is 16. The van der Waals surface area contributed by atoms with E-state index in [1.165, 1.54) is 46.2 Å². The normalized spacial score (nSPS) is 11.4. The molecule has 0 aliphatic rings. The molecular weight excluding hydrogens is 949 g/mol. The molecule has 0 bridgehead atoms. The number of nitrogens with one attached hydrogen (secondary N) is 3. The summed E-state index contributed by atoms with van der Waals surface area (Å²) in [5, 5.41) is 27.0. The van der Waals surface area contributed by atoms with E-state index in [0.29, 0.717) is 40.3 Å². The quantitative estimate of drug-likeness (QED) is 0.0834. The molecule has 6 aromatic heterocycles. The minimum atomic E-state index is -0.900. The number of aromatic amines is 1. The third-order valence-corrected chi connectivity index (χ3v) is 13.5. The molecule has 2 aromatic carbocycles. The molecule has 0 radical (unpaired) electrons. The van der Waals surface area contributed by atoms with Crippen LogP contribution in [0.15, 0.2) is 98.1 Å². The zero-order valence-electron chi connectivity index (χ0n) is 42.8. The van der Waals surface area contributed by atoms with Crippen molar-refractivity contribution < 1.29 is 24.2 Å². The molecule has 8 rings (SSSR count). The number of aromatic carboxylic acids is 1. The summed E-state index contributed by atoms with van der Waals surface area (Å²) in [5.74, 6) is 0.135. The lowest BCUT2D eigenvalue weighted by Gasteiger charge is -2.18. The van der Waals surface area contributed by atoms with Crippen molar-refractivity contribution in [2.75, 3.05) is 10.6 Å². The number of rotatable bonds is 12. The summed E-state index contributed by atoms with van der Waals surface area (Å²) in [6.45, 7) is 24.2. The summed E-state index contributed by atoms with van der Waals surface area (Å²) in [5.41, 5.74) is 9.31. The van der Waals surface area contributed by atoms with Crippen molar-refractivity contribution in [2.24, 2.45) is 0 Å². The van der Waals surface area contributed by atoms with Gasteiger partial charge in [-0.05, 0) is 99.4 Å². The number of nitrogens with zero attached hydrogens (tertiary/aromatic N) is 9. The van der Waals surface area contributed by atoms with Gasteiger partial charge in [0.25, 0.3) is 0 Å². The number of anilines is 4. The van der Waals surface area contributed by atoms with Gasteiger partial charge in [-0.2, -0.15) is 14.9 Å². The first-order valence-electron chi connectivity index (χ1n) is 23.3. The fourth-order valence-corrected chi connectivity index (χ4v) is 8.50. The molecule has 0 atom stereocenters. The van der Waals surface area contributed by atoms with Crippen LogP contribution in [-0.4, -0.2) is 78.4 Å². The Balaban J connectivity index is 0.000000193. The molecule has 376 valence electrons. The first kappa shape index (κ1) is 53.8. The molecule has 0 spiro atoms. The third-order valence-electron chi connectivity index (χ3n) is 10.6. The number of aryl methyl sites for hydroxylation is 4. The van der Waals surface area contributed by atoms with E-state index >= 15 is 0 Å². The lowest BCUT2D eigenvalue weighted by atomic mass is 9.96. The molecule has 8 aromatic rings. The number of carboxylic acid groups (broad SMARTS) is 1. The maximum atomic E-state index is 12.6. The van der Waals surface area contributed by atoms with Crippen LogP contribution in [0.25, 0.3) is 22.5 Å². The van der Waals surface area contributed by atoms with Crippen molar-refractivity contribution in [3.8, 4) is 22.5 Å². The summed E-state index contributed by atoms with van der Waals surface area (Å²) < 4.78 is 6.44. The van der Waals surface area contributed by atoms with E-state index in [2.05, 4.69) is 128 Å². The first-order valence-corrected chi connectivity index (χ1v) is 24.9. The maximum absolute atomic E-state index is 12.6. The fraction of sp³-hybridized carbons (Fsp3) is 0.340. The predicted molar refractivity (Wildman–Crippen MR) is 284 cm³/mol. The SMILES string of the molecule is CC(C)(C)c1ncc(C(=O)O)s1.CCc1ccc(-c2ccnc(Nc3cnn(C(=O)OC(C)(C)C)c3)n2)cc1C.Cc1cc(-c2ccnc(Nc3cn[nH]c3)n2)ccc1CCC(=O)c1ncc(C(C)(C)C)s1. The monoisotopic (exact) mass is 1010 g/mol. The minimum absolute atomic E-state index is 0.0114. The van der Waals surface area contributed by atoms with E-state index in [4.69, 9.17) is 9.84 Å². The average Bonchev–Trinajstić information content (AvgIpc) is 4.17. The highest BCUT2D eigenvalue weighted by molar-refractivity contribution is 7.14. The lowest BCUT2D eigenvalue weighted by Crippen LogP contribution is -2.27. The third kappa shape index (κ3) is 15.2. The highest BCUT2D eigenvalue weighted by Crippen LogP contribution is 2.30. The first-order chi connectivity index (χ1) is 33.9. The number of ketones is 1. The molecular formula is C53H62N12O5S2. The van der Waals surface area contributed by atoms with Crippen LogP contribution in [0.5, 0.6) is 0 Å². The van der Waals surface area contributed by atoms with Crippen molar-refractivity contribution in [1.29, 1.82) is 0 Å². The Hall–Kier alpha value is -7.51. The van der Waals surface area contributed by atoms with E-state index in [-0.39, 0.29) is 16.6 Å². The van der Waals surface area contributed by atoms with Gasteiger partial charge in [0.15, 0.2) is 10.8 Å². The van der Waals surface area contributed by atoms with Crippen molar-refractivity contribution in [1.82, 2.24) is 49.9 Å². The zero-order valence-corrected chi connectivity index (χ0v) is 44.4. The van der Waals surface area contributed by atoms with Crippen LogP contribution in [0.3, 0.4) is 0 Å². The molecule has 0 unspecified atom stereocenters. The smallest absolute Gasteiger partial charge is 0.435 e. The van der Waals surface area contributed by atoms with Crippen LogP contribution in [0.4, 0.5) is 28.1 Å². The van der Waals surface area contributed by atoms with E-state index in [9.17, 15) is 14.4 Å². The van der Waals surface area contributed by atoms with E-state index in [1.54, 1.807) is 31.0 Å². The van der Waals surface area contributed by atoms with Gasteiger partial charge in [-0.1, -0.05) is 72.7 Å². The molecule has 6 heterocycles. The van der Waals surface area contributed by atoms with Gasteiger partial charge in [-0.15, -0.1) is 22.7 Å². The lowest BCUT2D eigenvalue weighted by molar-refractivity contribution is 0.0513. The van der Waals surface area contributed by atoms with Crippen LogP contribution in [0.2, 0.25) is 0 Å². The average molecular weight is 1010 g/mol. The molecule has 19 heteroatoms. The summed E-state index contributed by atoms with van der Waals surface area (Å²) in [4.78, 5) is 62.8. The van der Waals surface area contributed by atoms with Gasteiger partial charge in [-0.3, -0.25) is 9.89 Å². The van der Waals surface area contributed by atoms with E-state index in [0.717, 1.165) is 60.3 Å². The predicted octanol–water partition coefficient (Wildman–Crippen LogP) is 12.4. The maximum Gasteiger partial charge on any atom is 0.435 e. The number of aromatic nitrogens is 10. The number of benzene rings is 2. The van der Waals surface area contributed by atoms with E-state index < -0.39 is 17.7 Å². The second kappa shape index (κ2) is 23.1. The number of H-pyrrole nitrogens is 1. The standard InChI is InChI=1S/C24H26N6OS.C21H25N5O2.C8H11NO2S/c1-15-11-17(19-9-10-25-23(30-19)29-18-12-27-28-13-18)6-5-16(15)7-8-20(31)22-26-14-21(32-22)24(2,3)4;1-6-15-7-8-16(11-14(15)2)18-9-10-22-19(25-18)24-17-12-23-26(13-17)20(27)28-21(3,4)5;1-8(2,3)7-9-4-5(12-7)6(10)11/h5-6,9-14H,7-8H2,1-4H3,(H,27,28)(H,25,29,30);7-13H,6H2,1-5H3,(H,22,24,25);4H,1-3H3,(H,10,11). The fourth-order valence-electron chi connectivity index (χ4n) is 6.74. The minimum Gasteiger partial charge on any atom is -0.477 e. The zero-order chi connectivity index (χ0) is 52.4. The molecule has 4 N–H and O–H groups in total. The van der Waals surface area contributed by atoms with Gasteiger partial charge < -0.3 is 20.5 Å². The van der Waals surface area contributed by atoms with Gasteiger partial charge in [0, 0.05) is 52.6 Å². The Kier molecular flexibility index (Phi) is 17.3. The van der Waals surface area contributed by atoms with Gasteiger partial charge in [0.1, 0.15) is 10.5 Å². The van der Waals surface area contributed by atoms with Crippen LogP contribution >= 0.6 is 22.7 Å². The number of carboxylic acids is 1. The Morgan fingerprint density at radius 2 is 1.33 bits per heavy atom. The van der Waals surface area contributed by atoms with Crippen LogP contribution < -0.4 is 10.6 Å². The van der Waals surface area contributed by atoms with Crippen molar-refractivity contribution in [2.45, 2.75) is 119 Å². The van der Waals surface area contributed by atoms with Crippen molar-refractivity contribution in [3.63, 3.8) is 0 Å². The molecule has 0 fully saturated rings. The van der Waals surface area contributed by atoms with Crippen LogP contribution in [0, 0.1) is 13.8 Å². The van der Waals surface area contributed by atoms with Gasteiger partial charge in [0.05, 0.1) is 52.6 Å². The Morgan fingerprint density at radius 1 is 0.722 bits per heavy atom. The molecule has 0 aliphatic heterocycles. The molecule has 72 heavy (non-hydrogen) atoms. The number of thiazole rings is 2. The molecule has 0 amide bonds. The largest absolute Gasteiger partial charge is 0.477 e. The van der Waals surface area contributed by atoms with Crippen molar-refractivity contribution >= 4 is 63.8 Å².